The van der Waals surface area contributed by atoms with E-state index in [-0.39, 0.29) is 0 Å². The molecule has 0 aliphatic heterocycles. The van der Waals surface area contributed by atoms with E-state index in [9.17, 15) is 0 Å². The highest BCUT2D eigenvalue weighted by Gasteiger charge is 1.99. The van der Waals surface area contributed by atoms with Crippen molar-refractivity contribution < 1.29 is 14.2 Å². The van der Waals surface area contributed by atoms with E-state index in [1.165, 1.54) is 6.42 Å². The molecule has 1 atom stereocenters. The molecule has 0 aromatic rings. The Morgan fingerprint density at radius 1 is 0.889 bits per heavy atom. The van der Waals surface area contributed by atoms with E-state index in [2.05, 4.69) is 19.2 Å². The molecule has 1 unspecified atom stereocenters. The van der Waals surface area contributed by atoms with Gasteiger partial charge in [0.2, 0.25) is 0 Å². The SMILES string of the molecule is CCCCOCCOCCOCCC(C)CNC. The molecule has 18 heavy (non-hydrogen) atoms. The third-order valence-electron chi connectivity index (χ3n) is 2.69. The molecule has 0 aliphatic rings. The minimum absolute atomic E-state index is 0.664. The van der Waals surface area contributed by atoms with E-state index >= 15 is 0 Å². The van der Waals surface area contributed by atoms with Crippen LogP contribution in [0, 0.1) is 5.92 Å². The van der Waals surface area contributed by atoms with Crippen molar-refractivity contribution in [1.29, 1.82) is 0 Å². The van der Waals surface area contributed by atoms with E-state index in [1.54, 1.807) is 0 Å². The van der Waals surface area contributed by atoms with Crippen molar-refractivity contribution in [1.82, 2.24) is 5.32 Å². The number of unbranched alkanes of at least 4 members (excludes halogenated alkanes) is 1. The number of ether oxygens (including phenoxy) is 3. The zero-order valence-electron chi connectivity index (χ0n) is 12.4. The van der Waals surface area contributed by atoms with Crippen LogP contribution in [0.4, 0.5) is 0 Å². The molecular formula is C14H31NO3. The van der Waals surface area contributed by atoms with Crippen molar-refractivity contribution in [2.24, 2.45) is 5.92 Å². The number of rotatable bonds is 14. The van der Waals surface area contributed by atoms with Crippen molar-refractivity contribution in [3.63, 3.8) is 0 Å². The first kappa shape index (κ1) is 17.8. The molecule has 0 rings (SSSR count). The Hall–Kier alpha value is -0.160. The van der Waals surface area contributed by atoms with Crippen LogP contribution in [0.25, 0.3) is 0 Å². The van der Waals surface area contributed by atoms with Gasteiger partial charge in [0.1, 0.15) is 0 Å². The summed E-state index contributed by atoms with van der Waals surface area (Å²) >= 11 is 0. The van der Waals surface area contributed by atoms with E-state index in [1.807, 2.05) is 7.05 Å². The summed E-state index contributed by atoms with van der Waals surface area (Å²) in [5, 5.41) is 3.16. The van der Waals surface area contributed by atoms with Gasteiger partial charge in [0.25, 0.3) is 0 Å². The molecule has 4 heteroatoms. The summed E-state index contributed by atoms with van der Waals surface area (Å²) in [4.78, 5) is 0. The Kier molecular flexibility index (Phi) is 14.8. The molecule has 0 aromatic carbocycles. The number of nitrogens with one attached hydrogen (secondary N) is 1. The lowest BCUT2D eigenvalue weighted by molar-refractivity contribution is 0.0121. The first-order valence-corrected chi connectivity index (χ1v) is 7.19. The fraction of sp³-hybridized carbons (Fsp3) is 1.00. The van der Waals surface area contributed by atoms with Crippen molar-refractivity contribution in [2.45, 2.75) is 33.1 Å². The van der Waals surface area contributed by atoms with Gasteiger partial charge >= 0.3 is 0 Å². The fourth-order valence-corrected chi connectivity index (χ4v) is 1.52. The van der Waals surface area contributed by atoms with Gasteiger partial charge in [-0.15, -0.1) is 0 Å². The van der Waals surface area contributed by atoms with E-state index in [0.29, 0.717) is 32.3 Å². The molecule has 0 aliphatic carbocycles. The normalized spacial score (nSPS) is 12.8. The Balaban J connectivity index is 2.98. The lowest BCUT2D eigenvalue weighted by atomic mass is 10.1. The van der Waals surface area contributed by atoms with E-state index in [4.69, 9.17) is 14.2 Å². The Bertz CT molecular complexity index is 156. The van der Waals surface area contributed by atoms with Crippen LogP contribution in [0.1, 0.15) is 33.1 Å². The summed E-state index contributed by atoms with van der Waals surface area (Å²) < 4.78 is 16.3. The molecule has 0 bridgehead atoms. The van der Waals surface area contributed by atoms with Crippen LogP contribution in [-0.4, -0.2) is 53.2 Å². The van der Waals surface area contributed by atoms with Gasteiger partial charge in [0, 0.05) is 13.2 Å². The van der Waals surface area contributed by atoms with Crippen LogP contribution in [0.2, 0.25) is 0 Å². The second kappa shape index (κ2) is 14.9. The molecule has 1 N–H and O–H groups in total. The second-order valence-corrected chi connectivity index (χ2v) is 4.64. The predicted octanol–water partition coefficient (Wildman–Crippen LogP) is 2.08. The fourth-order valence-electron chi connectivity index (χ4n) is 1.52. The third-order valence-corrected chi connectivity index (χ3v) is 2.69. The topological polar surface area (TPSA) is 39.7 Å². The minimum atomic E-state index is 0.664. The lowest BCUT2D eigenvalue weighted by Gasteiger charge is -2.11. The molecular weight excluding hydrogens is 230 g/mol. The maximum absolute atomic E-state index is 5.50. The summed E-state index contributed by atoms with van der Waals surface area (Å²) in [5.41, 5.74) is 0. The standard InChI is InChI=1S/C14H31NO3/c1-4-5-7-16-9-11-18-12-10-17-8-6-14(2)13-15-3/h14-15H,4-13H2,1-3H3. The van der Waals surface area contributed by atoms with Gasteiger partial charge in [-0.1, -0.05) is 20.3 Å². The zero-order chi connectivity index (χ0) is 13.5. The molecule has 0 saturated heterocycles. The van der Waals surface area contributed by atoms with Gasteiger partial charge in [-0.2, -0.15) is 0 Å². The molecule has 0 fully saturated rings. The number of hydrogen-bond acceptors (Lipinski definition) is 4. The van der Waals surface area contributed by atoms with Crippen molar-refractivity contribution >= 4 is 0 Å². The summed E-state index contributed by atoms with van der Waals surface area (Å²) in [5.74, 6) is 0.669. The predicted molar refractivity (Wildman–Crippen MR) is 75.1 cm³/mol. The van der Waals surface area contributed by atoms with Crippen LogP contribution in [-0.2, 0) is 14.2 Å². The molecule has 4 nitrogen and oxygen atoms in total. The second-order valence-electron chi connectivity index (χ2n) is 4.64. The first-order valence-electron chi connectivity index (χ1n) is 7.19. The molecule has 0 heterocycles. The number of hydrogen-bond donors (Lipinski definition) is 1. The third kappa shape index (κ3) is 13.9. The molecule has 0 aromatic heterocycles. The maximum atomic E-state index is 5.50. The van der Waals surface area contributed by atoms with Crippen molar-refractivity contribution in [3.8, 4) is 0 Å². The van der Waals surface area contributed by atoms with Gasteiger partial charge in [0.15, 0.2) is 0 Å². The Morgan fingerprint density at radius 2 is 1.44 bits per heavy atom. The van der Waals surface area contributed by atoms with Crippen LogP contribution >= 0.6 is 0 Å². The highest BCUT2D eigenvalue weighted by atomic mass is 16.5. The minimum Gasteiger partial charge on any atom is -0.379 e. The molecule has 110 valence electrons. The van der Waals surface area contributed by atoms with Gasteiger partial charge in [-0.05, 0) is 32.4 Å². The Labute approximate surface area is 112 Å². The van der Waals surface area contributed by atoms with Crippen molar-refractivity contribution in [3.05, 3.63) is 0 Å². The summed E-state index contributed by atoms with van der Waals surface area (Å²) in [7, 11) is 1.98. The summed E-state index contributed by atoms with van der Waals surface area (Å²) in [6, 6.07) is 0. The molecule has 0 amide bonds. The summed E-state index contributed by atoms with van der Waals surface area (Å²) in [6.45, 7) is 9.81. The molecule has 0 saturated carbocycles. The van der Waals surface area contributed by atoms with Gasteiger partial charge in [-0.3, -0.25) is 0 Å². The largest absolute Gasteiger partial charge is 0.379 e. The average molecular weight is 261 g/mol. The van der Waals surface area contributed by atoms with Gasteiger partial charge < -0.3 is 19.5 Å². The van der Waals surface area contributed by atoms with Crippen LogP contribution in [0.5, 0.6) is 0 Å². The monoisotopic (exact) mass is 261 g/mol. The average Bonchev–Trinajstić information content (AvgIpc) is 2.36. The van der Waals surface area contributed by atoms with Gasteiger partial charge in [0.05, 0.1) is 26.4 Å². The smallest absolute Gasteiger partial charge is 0.0701 e. The van der Waals surface area contributed by atoms with Crippen LogP contribution in [0.3, 0.4) is 0 Å². The lowest BCUT2D eigenvalue weighted by Crippen LogP contribution is -2.18. The molecule has 0 spiro atoms. The van der Waals surface area contributed by atoms with Gasteiger partial charge in [-0.25, -0.2) is 0 Å². The van der Waals surface area contributed by atoms with E-state index in [0.717, 1.165) is 32.6 Å². The zero-order valence-corrected chi connectivity index (χ0v) is 12.4. The Morgan fingerprint density at radius 3 is 2.00 bits per heavy atom. The van der Waals surface area contributed by atoms with Crippen LogP contribution in [0.15, 0.2) is 0 Å². The highest BCUT2D eigenvalue weighted by molar-refractivity contribution is 4.53. The quantitative estimate of drug-likeness (QED) is 0.486. The van der Waals surface area contributed by atoms with Crippen molar-refractivity contribution in [2.75, 3.05) is 53.2 Å². The van der Waals surface area contributed by atoms with E-state index < -0.39 is 0 Å². The maximum Gasteiger partial charge on any atom is 0.0701 e. The highest BCUT2D eigenvalue weighted by Crippen LogP contribution is 1.99. The van der Waals surface area contributed by atoms with Crippen LogP contribution < -0.4 is 5.32 Å². The summed E-state index contributed by atoms with van der Waals surface area (Å²) in [6.07, 6.45) is 3.41. The first-order chi connectivity index (χ1) is 8.81. The molecule has 0 radical (unpaired) electrons.